The molecule has 112 heavy (non-hydrogen) atoms. The first-order chi connectivity index (χ1) is 55.5. The van der Waals surface area contributed by atoms with Crippen molar-refractivity contribution >= 4 is 89.5 Å². The van der Waals surface area contributed by atoms with Crippen molar-refractivity contribution in [3.05, 3.63) is 455 Å². The molecule has 2 nitrogen and oxygen atoms in total. The number of hydrogen-bond acceptors (Lipinski definition) is 0. The third kappa shape index (κ3) is 9.03. The van der Waals surface area contributed by atoms with Crippen LogP contribution in [0.5, 0.6) is 0 Å². The lowest BCUT2D eigenvalue weighted by Crippen LogP contribution is -2.26. The van der Waals surface area contributed by atoms with E-state index in [1.165, 1.54) is 210 Å². The van der Waals surface area contributed by atoms with Crippen LogP contribution in [-0.4, -0.2) is 9.13 Å². The van der Waals surface area contributed by atoms with Crippen LogP contribution < -0.4 is 0 Å². The maximum absolute atomic E-state index is 2.56. The van der Waals surface area contributed by atoms with E-state index in [1.54, 1.807) is 0 Å². The molecule has 4 aliphatic rings. The molecule has 0 saturated carbocycles. The maximum atomic E-state index is 2.56. The lowest BCUT2D eigenvalue weighted by atomic mass is 9.69. The smallest absolute Gasteiger partial charge is 0.0725 e. The molecule has 4 aliphatic carbocycles. The van der Waals surface area contributed by atoms with Crippen LogP contribution in [0.15, 0.2) is 388 Å². The molecule has 0 fully saturated rings. The summed E-state index contributed by atoms with van der Waals surface area (Å²) in [6, 6.07) is 147. The van der Waals surface area contributed by atoms with Crippen LogP contribution >= 0.6 is 0 Å². The number of aromatic nitrogens is 2. The van der Waals surface area contributed by atoms with Gasteiger partial charge in [-0.25, -0.2) is 0 Å². The average Bonchev–Trinajstić information content (AvgIpc) is 1.51. The van der Waals surface area contributed by atoms with Crippen LogP contribution in [0.3, 0.4) is 0 Å². The second-order valence-corrected chi connectivity index (χ2v) is 31.0. The Morgan fingerprint density at radius 2 is 0.446 bits per heavy atom. The molecule has 24 rings (SSSR count). The van der Waals surface area contributed by atoms with E-state index < -0.39 is 10.8 Å². The normalized spacial score (nSPS) is 13.6. The minimum absolute atomic E-state index is 0.559. The molecule has 0 bridgehead atoms. The van der Waals surface area contributed by atoms with Crippen molar-refractivity contribution in [1.29, 1.82) is 0 Å². The summed E-state index contributed by atoms with van der Waals surface area (Å²) in [5.74, 6) is 0. The fraction of sp³-hybridized carbons (Fsp3) is 0.0182. The maximum Gasteiger partial charge on any atom is 0.0725 e. The lowest BCUT2D eigenvalue weighted by Gasteiger charge is -2.31. The Balaban J connectivity index is 0.567. The molecule has 2 heterocycles. The number of rotatable bonds is 9. The topological polar surface area (TPSA) is 9.86 Å². The predicted molar refractivity (Wildman–Crippen MR) is 470 cm³/mol. The number of fused-ring (bicyclic) bond motifs is 28. The monoisotopic (exact) mass is 1420 g/mol. The zero-order chi connectivity index (χ0) is 73.3. The minimum atomic E-state index is -0.559. The molecule has 518 valence electrons. The Kier molecular flexibility index (Phi) is 13.4. The Labute approximate surface area is 649 Å². The minimum Gasteiger partial charge on any atom is -0.309 e. The van der Waals surface area contributed by atoms with Gasteiger partial charge in [-0.3, -0.25) is 0 Å². The van der Waals surface area contributed by atoms with E-state index in [4.69, 9.17) is 0 Å². The van der Waals surface area contributed by atoms with Crippen LogP contribution in [0.1, 0.15) is 66.8 Å². The second kappa shape index (κ2) is 24.0. The number of para-hydroxylation sites is 2. The Hall–Kier alpha value is -14.4. The van der Waals surface area contributed by atoms with E-state index in [9.17, 15) is 0 Å². The third-order valence-corrected chi connectivity index (χ3v) is 25.3. The first kappa shape index (κ1) is 62.6. The summed E-state index contributed by atoms with van der Waals surface area (Å²) in [5, 5.41) is 9.95. The fourth-order valence-electron chi connectivity index (χ4n) is 20.3. The molecule has 0 amide bonds. The van der Waals surface area contributed by atoms with E-state index in [2.05, 4.69) is 422 Å². The number of nitrogens with zero attached hydrogens (tertiary/aromatic N) is 2. The molecule has 18 aromatic carbocycles. The molecule has 20 aromatic rings. The highest BCUT2D eigenvalue weighted by molar-refractivity contribution is 6.12. The summed E-state index contributed by atoms with van der Waals surface area (Å²) in [4.78, 5) is 0. The second-order valence-electron chi connectivity index (χ2n) is 31.0. The summed E-state index contributed by atoms with van der Waals surface area (Å²) in [6.45, 7) is 0. The summed E-state index contributed by atoms with van der Waals surface area (Å²) in [5.41, 5.74) is 38.8. The van der Waals surface area contributed by atoms with Gasteiger partial charge in [-0.05, 0) is 251 Å². The summed E-state index contributed by atoms with van der Waals surface area (Å²) >= 11 is 0. The molecule has 2 spiro atoms. The van der Waals surface area contributed by atoms with Crippen molar-refractivity contribution in [2.45, 2.75) is 10.8 Å². The zero-order valence-corrected chi connectivity index (χ0v) is 61.2. The number of benzene rings is 18. The van der Waals surface area contributed by atoms with E-state index in [1.807, 2.05) is 0 Å². The van der Waals surface area contributed by atoms with Gasteiger partial charge in [-0.2, -0.15) is 0 Å². The van der Waals surface area contributed by atoms with Gasteiger partial charge in [0.1, 0.15) is 0 Å². The van der Waals surface area contributed by atoms with Gasteiger partial charge in [-0.15, -0.1) is 0 Å². The first-order valence-electron chi connectivity index (χ1n) is 39.1. The van der Waals surface area contributed by atoms with Gasteiger partial charge in [-0.1, -0.05) is 328 Å². The van der Waals surface area contributed by atoms with Gasteiger partial charge in [0.25, 0.3) is 0 Å². The Morgan fingerprint density at radius 1 is 0.170 bits per heavy atom. The van der Waals surface area contributed by atoms with Crippen LogP contribution in [0, 0.1) is 0 Å². The van der Waals surface area contributed by atoms with E-state index in [0.717, 1.165) is 11.1 Å². The quantitative estimate of drug-likeness (QED) is 0.128. The van der Waals surface area contributed by atoms with Crippen molar-refractivity contribution < 1.29 is 0 Å². The van der Waals surface area contributed by atoms with Crippen LogP contribution in [0.25, 0.3) is 179 Å². The van der Waals surface area contributed by atoms with Crippen molar-refractivity contribution in [2.75, 3.05) is 0 Å². The molecular formula is C110H68N2. The highest BCUT2D eigenvalue weighted by atomic mass is 15.0. The lowest BCUT2D eigenvalue weighted by molar-refractivity contribution is 0.793. The number of hydrogen-bond donors (Lipinski definition) is 0. The van der Waals surface area contributed by atoms with E-state index in [-0.39, 0.29) is 0 Å². The molecule has 2 aromatic heterocycles. The highest BCUT2D eigenvalue weighted by Gasteiger charge is 2.54. The van der Waals surface area contributed by atoms with Crippen molar-refractivity contribution in [3.8, 4) is 89.3 Å². The summed E-state index contributed by atoms with van der Waals surface area (Å²) in [6.07, 6.45) is 9.02. The van der Waals surface area contributed by atoms with Crippen molar-refractivity contribution in [3.63, 3.8) is 0 Å². The highest BCUT2D eigenvalue weighted by Crippen LogP contribution is 2.66. The Bertz CT molecular complexity index is 6960. The molecule has 0 N–H and O–H groups in total. The molecule has 0 radical (unpaired) electrons. The van der Waals surface area contributed by atoms with Crippen molar-refractivity contribution in [2.24, 2.45) is 0 Å². The van der Waals surface area contributed by atoms with Gasteiger partial charge in [0, 0.05) is 32.9 Å². The fourth-order valence-corrected chi connectivity index (χ4v) is 20.3. The Morgan fingerprint density at radius 3 is 0.821 bits per heavy atom. The third-order valence-electron chi connectivity index (χ3n) is 25.3. The van der Waals surface area contributed by atoms with Gasteiger partial charge in [0.15, 0.2) is 0 Å². The molecule has 2 heteroatoms. The molecule has 0 aliphatic heterocycles. The molecule has 0 atom stereocenters. The van der Waals surface area contributed by atoms with Gasteiger partial charge < -0.3 is 9.13 Å². The largest absolute Gasteiger partial charge is 0.309 e. The van der Waals surface area contributed by atoms with Crippen LogP contribution in [0.2, 0.25) is 0 Å². The van der Waals surface area contributed by atoms with Crippen LogP contribution in [0.4, 0.5) is 0 Å². The van der Waals surface area contributed by atoms with Crippen LogP contribution in [-0.2, 0) is 10.8 Å². The SMILES string of the molecule is C(=C\c1ccc2c(c1)c1ccccc1n2-c1ccc2ccccc2c1)/c1ccc(-c2ccc3c(c2)C2(c4ccccc4-c4ccccc42)c2cc(-c4ccc5c(c4)C4(c6ccccc6-c6ccccc64)c4cc(-c6ccc(/C=C/c7ccc8c(c7)c7ccccc7n8-c7ccc8ccccc8c7)cc6)ccc4-5)ccc2-3)cc1. The van der Waals surface area contributed by atoms with Gasteiger partial charge in [0.2, 0.25) is 0 Å². The average molecular weight is 1420 g/mol. The zero-order valence-electron chi connectivity index (χ0n) is 61.2. The van der Waals surface area contributed by atoms with Gasteiger partial charge in [0.05, 0.1) is 32.9 Å². The van der Waals surface area contributed by atoms with Gasteiger partial charge >= 0.3 is 0 Å². The summed E-state index contributed by atoms with van der Waals surface area (Å²) in [7, 11) is 0. The standard InChI is InChI=1S/C110H68N2/c1-3-19-77-63-83(53-47-73(77)17-1)111-105-31-15-9-25-93(105)95-61-71(41-59-107(95)111)35-33-69-37-43-75(44-38-69)79-49-55-89-91-57-51-81(67-103(91)109(101(89)65-79)97-27-11-5-21-85(97)86-22-6-12-28-98(86)109)82-52-58-92-90-56-50-80(66-102(90)110(104(92)68-82)99-29-13-7-23-87(99)88-24-8-14-30-100(88)110)76-45-39-70(40-46-76)34-36-72-42-60-108-96(62-72)94-26-10-16-32-106(94)112(108)84-54-48-74-18-2-4-20-78(74)64-84/h1-68H/b35-33+,36-34+. The molecule has 0 saturated heterocycles. The first-order valence-corrected chi connectivity index (χ1v) is 39.1. The molecular weight excluding hydrogens is 1350 g/mol. The molecule has 0 unspecified atom stereocenters. The predicted octanol–water partition coefficient (Wildman–Crippen LogP) is 28.2. The van der Waals surface area contributed by atoms with E-state index >= 15 is 0 Å². The summed E-state index contributed by atoms with van der Waals surface area (Å²) < 4.78 is 4.82. The van der Waals surface area contributed by atoms with E-state index in [0.29, 0.717) is 0 Å². The van der Waals surface area contributed by atoms with Crippen molar-refractivity contribution in [1.82, 2.24) is 9.13 Å².